The topological polar surface area (TPSA) is 400 Å². The number of nitrogens with zero attached hydrogens (tertiary/aromatic N) is 2. The highest BCUT2D eigenvalue weighted by molar-refractivity contribution is 8.00. The minimum Gasteiger partial charge on any atom is -0.508 e. The molecule has 4 rings (SSSR count). The first-order chi connectivity index (χ1) is 37.4. The second-order valence-corrected chi connectivity index (χ2v) is 22.5. The summed E-state index contributed by atoms with van der Waals surface area (Å²) in [6, 6.07) is -6.70. The molecule has 6 unspecified atom stereocenters. The predicted molar refractivity (Wildman–Crippen MR) is 288 cm³/mol. The van der Waals surface area contributed by atoms with Crippen LogP contribution in [0.2, 0.25) is 0 Å². The van der Waals surface area contributed by atoms with Gasteiger partial charge in [-0.25, -0.2) is 0 Å². The maximum Gasteiger partial charge on any atom is 0.315 e. The summed E-state index contributed by atoms with van der Waals surface area (Å²) >= 11 is 0.627. The molecule has 26 heteroatoms. The van der Waals surface area contributed by atoms with Crippen molar-refractivity contribution in [1.82, 2.24) is 36.4 Å². The molecule has 15 N–H and O–H groups in total. The zero-order valence-electron chi connectivity index (χ0n) is 45.9. The Morgan fingerprint density at radius 2 is 1.38 bits per heavy atom. The van der Waals surface area contributed by atoms with E-state index < -0.39 is 157 Å². The number of nitrogens with two attached hydrogens (primary N) is 1. The molecule has 79 heavy (non-hydrogen) atoms. The summed E-state index contributed by atoms with van der Waals surface area (Å²) in [6.07, 6.45) is -6.10. The fourth-order valence-electron chi connectivity index (χ4n) is 10.2. The molecule has 0 radical (unpaired) electrons. The van der Waals surface area contributed by atoms with Gasteiger partial charge in [-0.05, 0) is 68.7 Å². The molecule has 3 aliphatic heterocycles. The van der Waals surface area contributed by atoms with Gasteiger partial charge in [-0.3, -0.25) is 38.4 Å². The normalized spacial score (nSPS) is 28.1. The molecule has 3 aliphatic rings. The molecule has 3 saturated heterocycles. The van der Waals surface area contributed by atoms with Crippen LogP contribution in [0.5, 0.6) is 5.75 Å². The number of unbranched alkanes of at least 4 members (excludes halogenated alkanes) is 5. The predicted octanol–water partition coefficient (Wildman–Crippen LogP) is -1.95. The molecule has 25 nitrogen and oxygen atoms in total. The zero-order valence-corrected chi connectivity index (χ0v) is 46.7. The number of nitrogens with one attached hydrogen (secondary N) is 5. The molecule has 16 atom stereocenters. The van der Waals surface area contributed by atoms with Crippen molar-refractivity contribution in [2.24, 2.45) is 17.6 Å². The van der Waals surface area contributed by atoms with Gasteiger partial charge in [0.2, 0.25) is 41.4 Å². The van der Waals surface area contributed by atoms with Crippen molar-refractivity contribution < 1.29 is 83.9 Å². The molecule has 7 amide bonds. The Morgan fingerprint density at radius 3 is 2.01 bits per heavy atom. The van der Waals surface area contributed by atoms with Gasteiger partial charge in [-0.15, -0.1) is 11.8 Å². The van der Waals surface area contributed by atoms with Gasteiger partial charge in [0.05, 0.1) is 43.4 Å². The van der Waals surface area contributed by atoms with E-state index in [1.54, 1.807) is 0 Å². The molecule has 0 aromatic heterocycles. The molecule has 446 valence electrons. The lowest BCUT2D eigenvalue weighted by molar-refractivity contribution is -0.148. The summed E-state index contributed by atoms with van der Waals surface area (Å²) in [5.74, 6) is -8.05. The van der Waals surface area contributed by atoms with Gasteiger partial charge in [0.25, 0.3) is 0 Å². The van der Waals surface area contributed by atoms with Crippen LogP contribution in [-0.4, -0.2) is 209 Å². The number of fused-ring (bicyclic) bond motifs is 2. The first kappa shape index (κ1) is 66.3. The first-order valence-electron chi connectivity index (χ1n) is 27.5. The van der Waals surface area contributed by atoms with Crippen LogP contribution in [0.25, 0.3) is 0 Å². The van der Waals surface area contributed by atoms with Crippen LogP contribution < -0.4 is 32.3 Å². The Balaban J connectivity index is 1.76. The zero-order chi connectivity index (χ0) is 58.7. The van der Waals surface area contributed by atoms with Gasteiger partial charge in [-0.1, -0.05) is 77.8 Å². The maximum absolute atomic E-state index is 14.6. The third-order valence-corrected chi connectivity index (χ3v) is 16.1. The fourth-order valence-corrected chi connectivity index (χ4v) is 11.1. The fraction of sp³-hybridized carbons (Fsp3) is 0.736. The number of aromatic hydroxyl groups is 1. The lowest BCUT2D eigenvalue weighted by atomic mass is 9.91. The lowest BCUT2D eigenvalue weighted by Crippen LogP contribution is -2.64. The molecule has 1 aromatic rings. The summed E-state index contributed by atoms with van der Waals surface area (Å²) in [4.78, 5) is 115. The van der Waals surface area contributed by atoms with Crippen molar-refractivity contribution in [1.29, 1.82) is 0 Å². The SMILES string of the molecule is CCC(C)CC(C)CCCCCCCCC(=O)NC1C[C@@H](O)[C@H](SCC(=O)OC)NC(=O)[C@@H]2[C@@H](O)CCN2C(=O)C([C@H](O)CCN)NC(=O)[C@H]([C@H](O)[C@@H](O)c2ccc(O)cc2)NC(=O)C2C[C@@H](O)CN2C(=O)C([C@@H](C)O)NC1=O. The highest BCUT2D eigenvalue weighted by Crippen LogP contribution is 2.28. The number of aliphatic hydroxyl groups is 7. The minimum absolute atomic E-state index is 0.0618. The monoisotopic (exact) mass is 1140 g/mol. The molecule has 0 bridgehead atoms. The number of carbonyl (C=O) groups is 8. The number of hydrogen-bond donors (Lipinski definition) is 14. The maximum atomic E-state index is 14.6. The number of ether oxygens (including phenoxy) is 1. The summed E-state index contributed by atoms with van der Waals surface area (Å²) in [7, 11) is 1.09. The Kier molecular flexibility index (Phi) is 27.1. The number of methoxy groups -OCH3 is 1. The second kappa shape index (κ2) is 32.3. The van der Waals surface area contributed by atoms with Gasteiger partial charge in [0.1, 0.15) is 59.6 Å². The molecule has 0 saturated carbocycles. The van der Waals surface area contributed by atoms with Crippen LogP contribution in [0.1, 0.15) is 129 Å². The number of benzene rings is 1. The number of hydrogen-bond acceptors (Lipinski definition) is 19. The second-order valence-electron chi connectivity index (χ2n) is 21.4. The quantitative estimate of drug-likeness (QED) is 0.0418. The van der Waals surface area contributed by atoms with Crippen molar-refractivity contribution in [3.8, 4) is 5.75 Å². The number of amides is 7. The molecule has 0 aliphatic carbocycles. The van der Waals surface area contributed by atoms with Crippen LogP contribution >= 0.6 is 11.8 Å². The van der Waals surface area contributed by atoms with Crippen LogP contribution in [0.15, 0.2) is 24.3 Å². The molecule has 3 fully saturated rings. The van der Waals surface area contributed by atoms with Crippen molar-refractivity contribution in [2.45, 2.75) is 202 Å². The number of carbonyl (C=O) groups excluding carboxylic acids is 8. The standard InChI is InChI=1S/C53H86N8O17S/c1-6-28(2)23-29(3)13-11-9-7-8-10-12-14-39(68)55-34-25-38(67)51(79-27-40(69)78-5)59-50(75)44-37(66)20-22-60(44)53(77)42(36(65)19-21-54)57-49(74)43(46(71)45(70)31-15-17-32(63)18-16-31)58-48(73)35-24-33(64)26-61(35)52(76)41(30(4)62)56-47(34)72/h15-18,28-30,33-38,41-46,51,62-67,70-71H,6-14,19-27,54H2,1-5H3,(H,55,68)(H,56,72)(H,57,74)(H,58,73)(H,59,75)/t28?,29?,30-,33-,34?,35?,36-,37+,38-,41?,42?,43+,44+,45+,46+,51+/m1/s1. The molecule has 1 aromatic carbocycles. The van der Waals surface area contributed by atoms with Gasteiger partial charge in [-0.2, -0.15) is 0 Å². The number of rotatable bonds is 23. The van der Waals surface area contributed by atoms with E-state index in [0.717, 1.165) is 74.5 Å². The highest BCUT2D eigenvalue weighted by atomic mass is 32.2. The molecular formula is C53H86N8O17S. The summed E-state index contributed by atoms with van der Waals surface area (Å²) in [5, 5.41) is 100. The van der Waals surface area contributed by atoms with Crippen LogP contribution in [-0.2, 0) is 43.1 Å². The van der Waals surface area contributed by atoms with Crippen molar-refractivity contribution in [3.05, 3.63) is 29.8 Å². The third kappa shape index (κ3) is 19.5. The van der Waals surface area contributed by atoms with E-state index in [-0.39, 0.29) is 43.7 Å². The molecule has 0 spiro atoms. The Labute approximate surface area is 465 Å². The smallest absolute Gasteiger partial charge is 0.315 e. The van der Waals surface area contributed by atoms with Gasteiger partial charge >= 0.3 is 5.97 Å². The number of esters is 1. The van der Waals surface area contributed by atoms with Crippen molar-refractivity contribution in [2.75, 3.05) is 32.5 Å². The van der Waals surface area contributed by atoms with Gasteiger partial charge in [0.15, 0.2) is 0 Å². The third-order valence-electron chi connectivity index (χ3n) is 14.9. The summed E-state index contributed by atoms with van der Waals surface area (Å²) in [5.41, 5.74) is 5.68. The number of phenolic OH excluding ortho intramolecular Hbond substituents is 1. The molecular weight excluding hydrogens is 1050 g/mol. The van der Waals surface area contributed by atoms with Crippen molar-refractivity contribution in [3.63, 3.8) is 0 Å². The van der Waals surface area contributed by atoms with E-state index in [9.17, 15) is 79.2 Å². The number of aliphatic hydroxyl groups excluding tert-OH is 7. The summed E-state index contributed by atoms with van der Waals surface area (Å²) < 4.78 is 4.78. The highest BCUT2D eigenvalue weighted by Gasteiger charge is 2.49. The Hall–Kier alpha value is -5.19. The van der Waals surface area contributed by atoms with Crippen LogP contribution in [0.3, 0.4) is 0 Å². The van der Waals surface area contributed by atoms with Gasteiger partial charge < -0.3 is 87.7 Å². The minimum atomic E-state index is -2.30. The van der Waals surface area contributed by atoms with Crippen LogP contribution in [0, 0.1) is 11.8 Å². The number of phenols is 1. The lowest BCUT2D eigenvalue weighted by Gasteiger charge is -2.35. The van der Waals surface area contributed by atoms with Crippen LogP contribution in [0.4, 0.5) is 0 Å². The Morgan fingerprint density at radius 1 is 0.759 bits per heavy atom. The number of thioether (sulfide) groups is 1. The van der Waals surface area contributed by atoms with E-state index in [1.807, 2.05) is 0 Å². The van der Waals surface area contributed by atoms with Crippen molar-refractivity contribution >= 4 is 59.1 Å². The van der Waals surface area contributed by atoms with E-state index >= 15 is 0 Å². The molecule has 3 heterocycles. The van der Waals surface area contributed by atoms with E-state index in [2.05, 4.69) is 47.4 Å². The summed E-state index contributed by atoms with van der Waals surface area (Å²) in [6.45, 7) is 6.67. The van der Waals surface area contributed by atoms with E-state index in [0.29, 0.717) is 36.4 Å². The average Bonchev–Trinajstić information content (AvgIpc) is 4.04. The van der Waals surface area contributed by atoms with E-state index in [1.165, 1.54) is 18.6 Å². The first-order valence-corrected chi connectivity index (χ1v) is 28.5. The van der Waals surface area contributed by atoms with E-state index in [4.69, 9.17) is 10.5 Å². The van der Waals surface area contributed by atoms with Gasteiger partial charge in [0, 0.05) is 32.4 Å². The Bertz CT molecular complexity index is 2180. The average molecular weight is 1140 g/mol. The largest absolute Gasteiger partial charge is 0.508 e.